The van der Waals surface area contributed by atoms with Crippen molar-refractivity contribution < 1.29 is 18.7 Å². The fourth-order valence-electron chi connectivity index (χ4n) is 1.63. The zero-order valence-corrected chi connectivity index (χ0v) is 11.5. The fraction of sp³-hybridized carbons (Fsp3) is 0.133. The largest absolute Gasteiger partial charge is 0.497 e. The minimum atomic E-state index is -0.635. The summed E-state index contributed by atoms with van der Waals surface area (Å²) in [4.78, 5) is 11.9. The molecule has 0 atom stereocenters. The standard InChI is InChI=1S/C15H12ClFO3/c1-19-11-5-6-13(14(17)8-11)15(18)9-20-12-4-2-3-10(16)7-12/h2-8H,9H2,1H3. The first-order chi connectivity index (χ1) is 9.60. The van der Waals surface area contributed by atoms with Crippen LogP contribution in [0.5, 0.6) is 11.5 Å². The van der Waals surface area contributed by atoms with Crippen LogP contribution in [-0.2, 0) is 0 Å². The number of hydrogen-bond donors (Lipinski definition) is 0. The monoisotopic (exact) mass is 294 g/mol. The predicted molar refractivity (Wildman–Crippen MR) is 74.2 cm³/mol. The van der Waals surface area contributed by atoms with Gasteiger partial charge in [-0.05, 0) is 30.3 Å². The Morgan fingerprint density at radius 1 is 1.20 bits per heavy atom. The SMILES string of the molecule is COc1ccc(C(=O)COc2cccc(Cl)c2)c(F)c1. The second-order valence-corrected chi connectivity index (χ2v) is 4.45. The molecule has 0 aromatic heterocycles. The number of benzene rings is 2. The molecule has 5 heteroatoms. The Morgan fingerprint density at radius 2 is 2.00 bits per heavy atom. The van der Waals surface area contributed by atoms with Crippen LogP contribution in [0.25, 0.3) is 0 Å². The molecule has 0 N–H and O–H groups in total. The van der Waals surface area contributed by atoms with Gasteiger partial charge in [-0.1, -0.05) is 17.7 Å². The van der Waals surface area contributed by atoms with Gasteiger partial charge in [0.15, 0.2) is 6.61 Å². The van der Waals surface area contributed by atoms with Crippen molar-refractivity contribution in [1.29, 1.82) is 0 Å². The van der Waals surface area contributed by atoms with Gasteiger partial charge in [0.25, 0.3) is 0 Å². The van der Waals surface area contributed by atoms with Crippen molar-refractivity contribution in [3.63, 3.8) is 0 Å². The van der Waals surface area contributed by atoms with Crippen molar-refractivity contribution in [2.45, 2.75) is 0 Å². The van der Waals surface area contributed by atoms with Crippen LogP contribution in [0, 0.1) is 5.82 Å². The Kier molecular flexibility index (Phi) is 4.58. The van der Waals surface area contributed by atoms with Gasteiger partial charge in [-0.15, -0.1) is 0 Å². The van der Waals surface area contributed by atoms with E-state index in [1.165, 1.54) is 19.2 Å². The molecule has 0 aliphatic heterocycles. The topological polar surface area (TPSA) is 35.5 Å². The summed E-state index contributed by atoms with van der Waals surface area (Å²) in [6.07, 6.45) is 0. The summed E-state index contributed by atoms with van der Waals surface area (Å²) >= 11 is 5.80. The van der Waals surface area contributed by atoms with Gasteiger partial charge in [-0.2, -0.15) is 0 Å². The maximum absolute atomic E-state index is 13.7. The molecule has 0 saturated carbocycles. The third-order valence-corrected chi connectivity index (χ3v) is 2.88. The van der Waals surface area contributed by atoms with Gasteiger partial charge in [-0.3, -0.25) is 4.79 Å². The lowest BCUT2D eigenvalue weighted by molar-refractivity contribution is 0.0917. The maximum Gasteiger partial charge on any atom is 0.203 e. The molecule has 0 unspecified atom stereocenters. The highest BCUT2D eigenvalue weighted by Crippen LogP contribution is 2.19. The van der Waals surface area contributed by atoms with Crippen molar-refractivity contribution in [3.8, 4) is 11.5 Å². The average Bonchev–Trinajstić information content (AvgIpc) is 2.44. The lowest BCUT2D eigenvalue weighted by atomic mass is 10.1. The highest BCUT2D eigenvalue weighted by molar-refractivity contribution is 6.30. The summed E-state index contributed by atoms with van der Waals surface area (Å²) < 4.78 is 23.9. The van der Waals surface area contributed by atoms with Crippen LogP contribution in [0.15, 0.2) is 42.5 Å². The van der Waals surface area contributed by atoms with E-state index in [4.69, 9.17) is 21.1 Å². The van der Waals surface area contributed by atoms with E-state index in [2.05, 4.69) is 0 Å². The van der Waals surface area contributed by atoms with Crippen molar-refractivity contribution in [3.05, 3.63) is 58.9 Å². The van der Waals surface area contributed by atoms with E-state index >= 15 is 0 Å². The van der Waals surface area contributed by atoms with E-state index in [0.717, 1.165) is 6.07 Å². The molecule has 3 nitrogen and oxygen atoms in total. The summed E-state index contributed by atoms with van der Waals surface area (Å²) in [7, 11) is 1.43. The van der Waals surface area contributed by atoms with E-state index in [1.807, 2.05) is 0 Å². The van der Waals surface area contributed by atoms with Crippen LogP contribution in [-0.4, -0.2) is 19.5 Å². The van der Waals surface area contributed by atoms with E-state index in [-0.39, 0.29) is 12.2 Å². The zero-order valence-electron chi connectivity index (χ0n) is 10.7. The van der Waals surface area contributed by atoms with Crippen molar-refractivity contribution >= 4 is 17.4 Å². The van der Waals surface area contributed by atoms with Crippen LogP contribution in [0.2, 0.25) is 5.02 Å². The number of ether oxygens (including phenoxy) is 2. The average molecular weight is 295 g/mol. The van der Waals surface area contributed by atoms with Gasteiger partial charge in [0, 0.05) is 11.1 Å². The molecule has 20 heavy (non-hydrogen) atoms. The van der Waals surface area contributed by atoms with E-state index in [1.54, 1.807) is 24.3 Å². The van der Waals surface area contributed by atoms with Gasteiger partial charge < -0.3 is 9.47 Å². The molecular formula is C15H12ClFO3. The summed E-state index contributed by atoms with van der Waals surface area (Å²) in [6.45, 7) is -0.260. The Labute approximate surface area is 120 Å². The van der Waals surface area contributed by atoms with Crippen LogP contribution in [0.3, 0.4) is 0 Å². The molecule has 2 aromatic rings. The summed E-state index contributed by atoms with van der Waals surface area (Å²) in [5.41, 5.74) is -0.0344. The van der Waals surface area contributed by atoms with Crippen molar-refractivity contribution in [2.75, 3.05) is 13.7 Å². The molecule has 0 saturated heterocycles. The van der Waals surface area contributed by atoms with Crippen LogP contribution in [0.4, 0.5) is 4.39 Å². The highest BCUT2D eigenvalue weighted by Gasteiger charge is 2.13. The number of hydrogen-bond acceptors (Lipinski definition) is 3. The molecular weight excluding hydrogens is 283 g/mol. The molecule has 0 bridgehead atoms. The molecule has 0 aliphatic rings. The normalized spacial score (nSPS) is 10.2. The van der Waals surface area contributed by atoms with Gasteiger partial charge >= 0.3 is 0 Å². The van der Waals surface area contributed by atoms with E-state index in [9.17, 15) is 9.18 Å². The van der Waals surface area contributed by atoms with Crippen LogP contribution < -0.4 is 9.47 Å². The molecule has 0 amide bonds. The number of methoxy groups -OCH3 is 1. The highest BCUT2D eigenvalue weighted by atomic mass is 35.5. The summed E-state index contributed by atoms with van der Waals surface area (Å²) in [5.74, 6) is -0.274. The molecule has 0 aliphatic carbocycles. The van der Waals surface area contributed by atoms with Gasteiger partial charge in [0.2, 0.25) is 5.78 Å². The zero-order chi connectivity index (χ0) is 14.5. The first-order valence-electron chi connectivity index (χ1n) is 5.85. The summed E-state index contributed by atoms with van der Waals surface area (Å²) in [6, 6.07) is 10.7. The number of carbonyl (C=O) groups is 1. The van der Waals surface area contributed by atoms with Crippen LogP contribution in [0.1, 0.15) is 10.4 Å². The minimum Gasteiger partial charge on any atom is -0.497 e. The van der Waals surface area contributed by atoms with E-state index in [0.29, 0.717) is 16.5 Å². The lowest BCUT2D eigenvalue weighted by Gasteiger charge is -2.07. The first kappa shape index (κ1) is 14.3. The second kappa shape index (κ2) is 6.39. The predicted octanol–water partition coefficient (Wildman–Crippen LogP) is 3.75. The Morgan fingerprint density at radius 3 is 2.65 bits per heavy atom. The second-order valence-electron chi connectivity index (χ2n) is 4.02. The number of halogens is 2. The van der Waals surface area contributed by atoms with Crippen molar-refractivity contribution in [2.24, 2.45) is 0 Å². The third-order valence-electron chi connectivity index (χ3n) is 2.64. The van der Waals surface area contributed by atoms with Crippen molar-refractivity contribution in [1.82, 2.24) is 0 Å². The summed E-state index contributed by atoms with van der Waals surface area (Å²) in [5, 5.41) is 0.505. The molecule has 0 spiro atoms. The quantitative estimate of drug-likeness (QED) is 0.788. The van der Waals surface area contributed by atoms with Gasteiger partial charge in [0.1, 0.15) is 17.3 Å². The Bertz CT molecular complexity index is 628. The van der Waals surface area contributed by atoms with Gasteiger partial charge in [-0.25, -0.2) is 4.39 Å². The van der Waals surface area contributed by atoms with E-state index < -0.39 is 11.6 Å². The molecule has 104 valence electrons. The molecule has 0 radical (unpaired) electrons. The Balaban J connectivity index is 2.05. The first-order valence-corrected chi connectivity index (χ1v) is 6.23. The number of rotatable bonds is 5. The third kappa shape index (κ3) is 3.48. The number of carbonyl (C=O) groups excluding carboxylic acids is 1. The van der Waals surface area contributed by atoms with Crippen LogP contribution >= 0.6 is 11.6 Å². The molecule has 0 fully saturated rings. The fourth-order valence-corrected chi connectivity index (χ4v) is 1.81. The maximum atomic E-state index is 13.7. The smallest absolute Gasteiger partial charge is 0.203 e. The Hall–Kier alpha value is -2.07. The molecule has 2 aromatic carbocycles. The number of Topliss-reactive ketones (excluding diaryl/α,β-unsaturated/α-hetero) is 1. The lowest BCUT2D eigenvalue weighted by Crippen LogP contribution is -2.13. The minimum absolute atomic E-state index is 0.0344. The molecule has 0 heterocycles. The van der Waals surface area contributed by atoms with Gasteiger partial charge in [0.05, 0.1) is 12.7 Å². The molecule has 2 rings (SSSR count). The number of ketones is 1.